The number of aromatic nitrogens is 3. The Labute approximate surface area is 150 Å². The monoisotopic (exact) mass is 371 g/mol. The van der Waals surface area contributed by atoms with Crippen LogP contribution in [0.3, 0.4) is 0 Å². The van der Waals surface area contributed by atoms with E-state index in [0.29, 0.717) is 5.69 Å². The Morgan fingerprint density at radius 2 is 1.73 bits per heavy atom. The standard InChI is InChI=1S/C17H17N5O3S/c1-11-6-8-14(9-7-11)26(24,25)21-16-15(19-22-20-16)17(23)18-13-5-3-4-12(2)10-13/h3-10H,1-2H3,(H,18,23)(H2,19,20,21,22). The van der Waals surface area contributed by atoms with Crippen molar-refractivity contribution in [1.82, 2.24) is 15.4 Å². The van der Waals surface area contributed by atoms with Crippen LogP contribution < -0.4 is 10.0 Å². The maximum Gasteiger partial charge on any atom is 0.280 e. The first kappa shape index (κ1) is 17.6. The van der Waals surface area contributed by atoms with Gasteiger partial charge in [0.05, 0.1) is 4.90 Å². The summed E-state index contributed by atoms with van der Waals surface area (Å²) in [6.45, 7) is 3.75. The lowest BCUT2D eigenvalue weighted by atomic mass is 10.2. The lowest BCUT2D eigenvalue weighted by Gasteiger charge is -2.08. The van der Waals surface area contributed by atoms with E-state index in [9.17, 15) is 13.2 Å². The summed E-state index contributed by atoms with van der Waals surface area (Å²) in [6.07, 6.45) is 0. The number of hydrogen-bond acceptors (Lipinski definition) is 5. The summed E-state index contributed by atoms with van der Waals surface area (Å²) in [5.74, 6) is -0.748. The number of nitrogens with one attached hydrogen (secondary N) is 3. The number of nitrogens with zero attached hydrogens (tertiary/aromatic N) is 2. The molecule has 0 unspecified atom stereocenters. The third-order valence-electron chi connectivity index (χ3n) is 3.60. The minimum absolute atomic E-state index is 0.0659. The molecule has 2 aromatic carbocycles. The molecule has 8 nitrogen and oxygen atoms in total. The molecule has 3 aromatic rings. The predicted molar refractivity (Wildman–Crippen MR) is 97.5 cm³/mol. The van der Waals surface area contributed by atoms with Gasteiger partial charge in [-0.25, -0.2) is 8.42 Å². The van der Waals surface area contributed by atoms with Crippen molar-refractivity contribution in [2.45, 2.75) is 18.7 Å². The Hall–Kier alpha value is -3.20. The molecule has 0 spiro atoms. The van der Waals surface area contributed by atoms with Gasteiger partial charge in [0.1, 0.15) is 0 Å². The first-order valence-electron chi connectivity index (χ1n) is 7.73. The van der Waals surface area contributed by atoms with Crippen LogP contribution in [0.2, 0.25) is 0 Å². The Kier molecular flexibility index (Phi) is 4.72. The van der Waals surface area contributed by atoms with Gasteiger partial charge in [0.2, 0.25) is 0 Å². The first-order chi connectivity index (χ1) is 12.3. The molecule has 0 fully saturated rings. The van der Waals surface area contributed by atoms with E-state index in [1.807, 2.05) is 19.9 Å². The normalized spacial score (nSPS) is 11.2. The van der Waals surface area contributed by atoms with Gasteiger partial charge in [-0.15, -0.1) is 10.2 Å². The summed E-state index contributed by atoms with van der Waals surface area (Å²) >= 11 is 0. The van der Waals surface area contributed by atoms with Crippen LogP contribution in [-0.2, 0) is 10.0 Å². The van der Waals surface area contributed by atoms with E-state index in [1.165, 1.54) is 12.1 Å². The molecule has 1 aromatic heterocycles. The molecule has 0 aliphatic carbocycles. The molecular formula is C17H17N5O3S. The Balaban J connectivity index is 1.82. The van der Waals surface area contributed by atoms with Gasteiger partial charge >= 0.3 is 0 Å². The molecule has 9 heteroatoms. The van der Waals surface area contributed by atoms with E-state index >= 15 is 0 Å². The highest BCUT2D eigenvalue weighted by molar-refractivity contribution is 7.92. The van der Waals surface area contributed by atoms with Crippen molar-refractivity contribution < 1.29 is 13.2 Å². The molecule has 0 aliphatic heterocycles. The third kappa shape index (κ3) is 3.89. The summed E-state index contributed by atoms with van der Waals surface area (Å²) < 4.78 is 27.2. The summed E-state index contributed by atoms with van der Waals surface area (Å²) in [7, 11) is -3.89. The van der Waals surface area contributed by atoms with Crippen molar-refractivity contribution in [2.24, 2.45) is 0 Å². The molecule has 1 heterocycles. The summed E-state index contributed by atoms with van der Waals surface area (Å²) in [5, 5.41) is 12.4. The highest BCUT2D eigenvalue weighted by atomic mass is 32.2. The fourth-order valence-corrected chi connectivity index (χ4v) is 3.29. The number of benzene rings is 2. The second-order valence-electron chi connectivity index (χ2n) is 5.76. The predicted octanol–water partition coefficient (Wildman–Crippen LogP) is 2.47. The van der Waals surface area contributed by atoms with Crippen LogP contribution in [0.5, 0.6) is 0 Å². The smallest absolute Gasteiger partial charge is 0.280 e. The van der Waals surface area contributed by atoms with Crippen molar-refractivity contribution >= 4 is 27.4 Å². The van der Waals surface area contributed by atoms with Gasteiger partial charge in [0.15, 0.2) is 11.5 Å². The molecule has 0 bridgehead atoms. The second-order valence-corrected chi connectivity index (χ2v) is 7.45. The van der Waals surface area contributed by atoms with Gasteiger partial charge in [-0.2, -0.15) is 5.21 Å². The van der Waals surface area contributed by atoms with Crippen molar-refractivity contribution in [3.8, 4) is 0 Å². The van der Waals surface area contributed by atoms with Crippen LogP contribution in [0, 0.1) is 13.8 Å². The SMILES string of the molecule is Cc1ccc(S(=O)(=O)Nc2n[nH]nc2C(=O)Nc2cccc(C)c2)cc1. The molecule has 0 saturated carbocycles. The van der Waals surface area contributed by atoms with E-state index in [-0.39, 0.29) is 16.4 Å². The maximum absolute atomic E-state index is 12.5. The number of rotatable bonds is 5. The minimum atomic E-state index is -3.89. The number of carbonyl (C=O) groups excluding carboxylic acids is 1. The average molecular weight is 371 g/mol. The molecular weight excluding hydrogens is 354 g/mol. The lowest BCUT2D eigenvalue weighted by molar-refractivity contribution is 0.102. The van der Waals surface area contributed by atoms with Crippen molar-refractivity contribution in [3.05, 3.63) is 65.4 Å². The maximum atomic E-state index is 12.5. The van der Waals surface area contributed by atoms with Crippen LogP contribution in [0.4, 0.5) is 11.5 Å². The molecule has 0 atom stereocenters. The number of anilines is 2. The zero-order valence-electron chi connectivity index (χ0n) is 14.1. The topological polar surface area (TPSA) is 117 Å². The van der Waals surface area contributed by atoms with Crippen molar-refractivity contribution in [2.75, 3.05) is 10.0 Å². The van der Waals surface area contributed by atoms with Crippen molar-refractivity contribution in [3.63, 3.8) is 0 Å². The average Bonchev–Trinajstić information content (AvgIpc) is 3.03. The number of aromatic amines is 1. The lowest BCUT2D eigenvalue weighted by Crippen LogP contribution is -2.18. The summed E-state index contributed by atoms with van der Waals surface area (Å²) in [6, 6.07) is 13.5. The fourth-order valence-electron chi connectivity index (χ4n) is 2.28. The molecule has 26 heavy (non-hydrogen) atoms. The summed E-state index contributed by atoms with van der Waals surface area (Å²) in [4.78, 5) is 12.5. The summed E-state index contributed by atoms with van der Waals surface area (Å²) in [5.41, 5.74) is 2.33. The van der Waals surface area contributed by atoms with Crippen LogP contribution in [0.25, 0.3) is 0 Å². The number of H-pyrrole nitrogens is 1. The Morgan fingerprint density at radius 3 is 2.42 bits per heavy atom. The zero-order chi connectivity index (χ0) is 18.7. The van der Waals surface area contributed by atoms with E-state index in [4.69, 9.17) is 0 Å². The number of hydrogen-bond donors (Lipinski definition) is 3. The van der Waals surface area contributed by atoms with E-state index in [2.05, 4.69) is 25.4 Å². The highest BCUT2D eigenvalue weighted by Crippen LogP contribution is 2.18. The van der Waals surface area contributed by atoms with Crippen molar-refractivity contribution in [1.29, 1.82) is 0 Å². The zero-order valence-corrected chi connectivity index (χ0v) is 15.0. The molecule has 134 valence electrons. The van der Waals surface area contributed by atoms with Gasteiger partial charge in [0, 0.05) is 5.69 Å². The molecule has 0 radical (unpaired) electrons. The van der Waals surface area contributed by atoms with E-state index in [0.717, 1.165) is 11.1 Å². The van der Waals surface area contributed by atoms with Crippen LogP contribution in [-0.4, -0.2) is 29.7 Å². The number of carbonyl (C=O) groups is 1. The highest BCUT2D eigenvalue weighted by Gasteiger charge is 2.22. The molecule has 1 amide bonds. The fraction of sp³-hybridized carbons (Fsp3) is 0.118. The second kappa shape index (κ2) is 6.96. The largest absolute Gasteiger partial charge is 0.320 e. The quantitative estimate of drug-likeness (QED) is 0.637. The van der Waals surface area contributed by atoms with Gasteiger partial charge in [-0.1, -0.05) is 29.8 Å². The third-order valence-corrected chi connectivity index (χ3v) is 4.96. The van der Waals surface area contributed by atoms with E-state index < -0.39 is 15.9 Å². The number of aryl methyl sites for hydroxylation is 2. The molecule has 0 aliphatic rings. The van der Waals surface area contributed by atoms with Gasteiger partial charge in [0.25, 0.3) is 15.9 Å². The molecule has 3 rings (SSSR count). The van der Waals surface area contributed by atoms with Gasteiger partial charge in [-0.05, 0) is 43.7 Å². The van der Waals surface area contributed by atoms with Crippen LogP contribution >= 0.6 is 0 Å². The number of sulfonamides is 1. The molecule has 0 saturated heterocycles. The molecule has 3 N–H and O–H groups in total. The van der Waals surface area contributed by atoms with Gasteiger partial charge < -0.3 is 5.32 Å². The Bertz CT molecular complexity index is 1040. The Morgan fingerprint density at radius 1 is 1.00 bits per heavy atom. The van der Waals surface area contributed by atoms with Gasteiger partial charge in [-0.3, -0.25) is 9.52 Å². The van der Waals surface area contributed by atoms with E-state index in [1.54, 1.807) is 30.3 Å². The van der Waals surface area contributed by atoms with Crippen LogP contribution in [0.1, 0.15) is 21.6 Å². The first-order valence-corrected chi connectivity index (χ1v) is 9.22. The van der Waals surface area contributed by atoms with Crippen LogP contribution in [0.15, 0.2) is 53.4 Å². The minimum Gasteiger partial charge on any atom is -0.320 e. The number of amides is 1.